The summed E-state index contributed by atoms with van der Waals surface area (Å²) in [4.78, 5) is 23.5. The Morgan fingerprint density at radius 1 is 1.17 bits per heavy atom. The van der Waals surface area contributed by atoms with Gasteiger partial charge in [0.2, 0.25) is 11.8 Å². The van der Waals surface area contributed by atoms with Gasteiger partial charge in [-0.3, -0.25) is 0 Å². The molecule has 0 unspecified atom stereocenters. The summed E-state index contributed by atoms with van der Waals surface area (Å²) in [5, 5.41) is 6.40. The molecule has 0 saturated heterocycles. The lowest BCUT2D eigenvalue weighted by Crippen LogP contribution is -2.04. The van der Waals surface area contributed by atoms with Crippen molar-refractivity contribution >= 4 is 28.6 Å². The number of nitrogens with one attached hydrogen (secondary N) is 3. The molecule has 2 aromatic carbocycles. The van der Waals surface area contributed by atoms with Gasteiger partial charge in [-0.2, -0.15) is 0 Å². The average Bonchev–Trinajstić information content (AvgIpc) is 3.39. The van der Waals surface area contributed by atoms with Crippen LogP contribution in [0.2, 0.25) is 0 Å². The molecule has 148 valence electrons. The average molecular weight is 391 g/mol. The first-order valence-corrected chi connectivity index (χ1v) is 9.29. The third-order valence-corrected chi connectivity index (χ3v) is 4.41. The minimum Gasteiger partial charge on any atom is -0.461 e. The summed E-state index contributed by atoms with van der Waals surface area (Å²) in [7, 11) is 1.83. The van der Waals surface area contributed by atoms with Crippen LogP contribution in [-0.2, 0) is 11.3 Å². The normalized spacial score (nSPS) is 10.8. The number of fused-ring (bicyclic) bond motifs is 1. The Bertz CT molecular complexity index is 1130. The molecule has 2 heterocycles. The number of ether oxygens (including phenoxy) is 1. The van der Waals surface area contributed by atoms with Gasteiger partial charge < -0.3 is 24.8 Å². The molecule has 0 radical (unpaired) electrons. The van der Waals surface area contributed by atoms with Crippen LogP contribution in [0.5, 0.6) is 0 Å². The number of carbonyl (C=O) groups is 1. The zero-order chi connectivity index (χ0) is 20.2. The minimum absolute atomic E-state index is 0.169. The first-order chi connectivity index (χ1) is 14.2. The molecule has 3 N–H and O–H groups in total. The largest absolute Gasteiger partial charge is 0.461 e. The number of anilines is 2. The number of esters is 1. The van der Waals surface area contributed by atoms with Crippen LogP contribution in [0.1, 0.15) is 23.0 Å². The predicted molar refractivity (Wildman–Crippen MR) is 111 cm³/mol. The summed E-state index contributed by atoms with van der Waals surface area (Å²) in [6.45, 7) is 2.71. The molecule has 0 aliphatic carbocycles. The summed E-state index contributed by atoms with van der Waals surface area (Å²) in [6.07, 6.45) is 1.31. The Kier molecular flexibility index (Phi) is 5.15. The van der Waals surface area contributed by atoms with Gasteiger partial charge in [0.05, 0.1) is 17.6 Å². The predicted octanol–water partition coefficient (Wildman–Crippen LogP) is 4.05. The molecule has 8 heteroatoms. The zero-order valence-electron chi connectivity index (χ0n) is 16.2. The van der Waals surface area contributed by atoms with E-state index in [0.717, 1.165) is 33.8 Å². The molecular weight excluding hydrogens is 370 g/mol. The van der Waals surface area contributed by atoms with E-state index in [4.69, 9.17) is 9.15 Å². The first-order valence-electron chi connectivity index (χ1n) is 9.29. The summed E-state index contributed by atoms with van der Waals surface area (Å²) in [5.74, 6) is 0.640. The maximum Gasteiger partial charge on any atom is 0.360 e. The van der Waals surface area contributed by atoms with Crippen LogP contribution in [0, 0.1) is 0 Å². The standard InChI is InChI=1S/C21H21N5O3/c1-3-28-20(27)18-12-29-19(24-18)14-6-4-13(5-7-14)11-23-15-8-9-16-17(10-15)26-21(22-2)25-16/h4-10,12,23H,3,11H2,1-2H3,(H2,22,25,26). The minimum atomic E-state index is -0.487. The summed E-state index contributed by atoms with van der Waals surface area (Å²) >= 11 is 0. The molecule has 0 amide bonds. The SMILES string of the molecule is CCOC(=O)c1coc(-c2ccc(CNc3ccc4[nH]c(NC)nc4c3)cc2)n1. The lowest BCUT2D eigenvalue weighted by molar-refractivity contribution is 0.0519. The van der Waals surface area contributed by atoms with Crippen LogP contribution in [0.4, 0.5) is 11.6 Å². The lowest BCUT2D eigenvalue weighted by Gasteiger charge is -2.07. The quantitative estimate of drug-likeness (QED) is 0.408. The highest BCUT2D eigenvalue weighted by atomic mass is 16.5. The van der Waals surface area contributed by atoms with Crippen LogP contribution in [-0.4, -0.2) is 34.6 Å². The van der Waals surface area contributed by atoms with Gasteiger partial charge >= 0.3 is 5.97 Å². The molecule has 0 bridgehead atoms. The first kappa shape index (κ1) is 18.5. The molecule has 4 aromatic rings. The van der Waals surface area contributed by atoms with Crippen molar-refractivity contribution in [2.45, 2.75) is 13.5 Å². The van der Waals surface area contributed by atoms with Gasteiger partial charge in [-0.05, 0) is 42.8 Å². The molecule has 0 spiro atoms. The molecule has 0 aliphatic heterocycles. The Morgan fingerprint density at radius 2 is 2.00 bits per heavy atom. The molecular formula is C21H21N5O3. The summed E-state index contributed by atoms with van der Waals surface area (Å²) in [6, 6.07) is 13.8. The third kappa shape index (κ3) is 4.06. The van der Waals surface area contributed by atoms with Gasteiger partial charge in [0, 0.05) is 24.8 Å². The molecule has 0 atom stereocenters. The van der Waals surface area contributed by atoms with E-state index in [1.54, 1.807) is 6.92 Å². The van der Waals surface area contributed by atoms with E-state index in [1.165, 1.54) is 6.26 Å². The number of nitrogens with zero attached hydrogens (tertiary/aromatic N) is 2. The Labute approximate surface area is 167 Å². The summed E-state index contributed by atoms with van der Waals surface area (Å²) in [5.41, 5.74) is 4.93. The molecule has 8 nitrogen and oxygen atoms in total. The second-order valence-corrected chi connectivity index (χ2v) is 6.38. The number of carbonyl (C=O) groups excluding carboxylic acids is 1. The van der Waals surface area contributed by atoms with E-state index < -0.39 is 5.97 Å². The van der Waals surface area contributed by atoms with Crippen molar-refractivity contribution in [2.75, 3.05) is 24.3 Å². The van der Waals surface area contributed by atoms with Gasteiger partial charge in [0.1, 0.15) is 6.26 Å². The van der Waals surface area contributed by atoms with Gasteiger partial charge in [-0.15, -0.1) is 0 Å². The lowest BCUT2D eigenvalue weighted by atomic mass is 10.1. The van der Waals surface area contributed by atoms with E-state index in [9.17, 15) is 4.79 Å². The van der Waals surface area contributed by atoms with Crippen molar-refractivity contribution in [3.05, 3.63) is 60.0 Å². The fourth-order valence-electron chi connectivity index (χ4n) is 2.91. The molecule has 0 fully saturated rings. The van der Waals surface area contributed by atoms with Crippen molar-refractivity contribution < 1.29 is 13.9 Å². The number of hydrogen-bond donors (Lipinski definition) is 3. The van der Waals surface area contributed by atoms with Gasteiger partial charge in [-0.1, -0.05) is 12.1 Å². The maximum atomic E-state index is 11.7. The fraction of sp³-hybridized carbons (Fsp3) is 0.190. The van der Waals surface area contributed by atoms with Gasteiger partial charge in [0.25, 0.3) is 0 Å². The highest BCUT2D eigenvalue weighted by Crippen LogP contribution is 2.22. The van der Waals surface area contributed by atoms with Crippen LogP contribution in [0.25, 0.3) is 22.5 Å². The number of aromatic amines is 1. The van der Waals surface area contributed by atoms with Gasteiger partial charge in [-0.25, -0.2) is 14.8 Å². The smallest absolute Gasteiger partial charge is 0.360 e. The Hall–Kier alpha value is -3.81. The fourth-order valence-corrected chi connectivity index (χ4v) is 2.91. The van der Waals surface area contributed by atoms with Crippen LogP contribution in [0.3, 0.4) is 0 Å². The number of rotatable bonds is 7. The Balaban J connectivity index is 1.41. The second-order valence-electron chi connectivity index (χ2n) is 6.38. The van der Waals surface area contributed by atoms with E-state index in [-0.39, 0.29) is 5.69 Å². The molecule has 4 rings (SSSR count). The highest BCUT2D eigenvalue weighted by molar-refractivity contribution is 5.87. The number of oxazole rings is 1. The van der Waals surface area contributed by atoms with Crippen molar-refractivity contribution in [3.8, 4) is 11.5 Å². The molecule has 0 saturated carbocycles. The van der Waals surface area contributed by atoms with Crippen LogP contribution < -0.4 is 10.6 Å². The van der Waals surface area contributed by atoms with Crippen LogP contribution >= 0.6 is 0 Å². The van der Waals surface area contributed by atoms with E-state index >= 15 is 0 Å². The van der Waals surface area contributed by atoms with E-state index in [1.807, 2.05) is 49.5 Å². The van der Waals surface area contributed by atoms with Crippen LogP contribution in [0.15, 0.2) is 53.1 Å². The molecule has 29 heavy (non-hydrogen) atoms. The number of hydrogen-bond acceptors (Lipinski definition) is 7. The number of H-pyrrole nitrogens is 1. The molecule has 2 aromatic heterocycles. The van der Waals surface area contributed by atoms with Gasteiger partial charge in [0.15, 0.2) is 5.69 Å². The maximum absolute atomic E-state index is 11.7. The molecule has 0 aliphatic rings. The Morgan fingerprint density at radius 3 is 2.76 bits per heavy atom. The van der Waals surface area contributed by atoms with E-state index in [2.05, 4.69) is 25.6 Å². The number of aromatic nitrogens is 3. The number of benzene rings is 2. The highest BCUT2D eigenvalue weighted by Gasteiger charge is 2.14. The second kappa shape index (κ2) is 8.05. The zero-order valence-corrected chi connectivity index (χ0v) is 16.2. The van der Waals surface area contributed by atoms with Crippen molar-refractivity contribution in [3.63, 3.8) is 0 Å². The van der Waals surface area contributed by atoms with E-state index in [0.29, 0.717) is 19.0 Å². The number of imidazole rings is 1. The van der Waals surface area contributed by atoms with Crippen molar-refractivity contribution in [2.24, 2.45) is 0 Å². The topological polar surface area (TPSA) is 105 Å². The van der Waals surface area contributed by atoms with Crippen molar-refractivity contribution in [1.82, 2.24) is 15.0 Å². The third-order valence-electron chi connectivity index (χ3n) is 4.41. The summed E-state index contributed by atoms with van der Waals surface area (Å²) < 4.78 is 10.3. The monoisotopic (exact) mass is 391 g/mol. The van der Waals surface area contributed by atoms with Crippen molar-refractivity contribution in [1.29, 1.82) is 0 Å².